The fourth-order valence-corrected chi connectivity index (χ4v) is 1.96. The van der Waals surface area contributed by atoms with Crippen LogP contribution in [0.3, 0.4) is 0 Å². The summed E-state index contributed by atoms with van der Waals surface area (Å²) in [5.74, 6) is 1.29. The second-order valence-electron chi connectivity index (χ2n) is 3.62. The van der Waals surface area contributed by atoms with Crippen molar-refractivity contribution in [2.75, 3.05) is 0 Å². The summed E-state index contributed by atoms with van der Waals surface area (Å²) >= 11 is 0. The minimum atomic E-state index is -0.564. The lowest BCUT2D eigenvalue weighted by atomic mass is 10.1. The molecule has 1 aromatic rings. The summed E-state index contributed by atoms with van der Waals surface area (Å²) < 4.78 is 5.16. The number of aliphatic hydroxyl groups is 1. The van der Waals surface area contributed by atoms with E-state index in [9.17, 15) is 5.11 Å². The molecule has 1 aliphatic rings. The molecule has 2 atom stereocenters. The third kappa shape index (κ3) is 0.911. The molecule has 0 amide bonds. The van der Waals surface area contributed by atoms with Crippen LogP contribution in [-0.2, 0) is 5.60 Å². The Balaban J connectivity index is 2.27. The first-order valence-electron chi connectivity index (χ1n) is 4.45. The Kier molecular flexibility index (Phi) is 1.55. The average Bonchev–Trinajstić information content (AvgIpc) is 2.50. The zero-order chi connectivity index (χ0) is 8.77. The van der Waals surface area contributed by atoms with E-state index in [1.807, 2.05) is 13.0 Å². The lowest BCUT2D eigenvalue weighted by Crippen LogP contribution is -2.08. The predicted molar refractivity (Wildman–Crippen MR) is 45.7 cm³/mol. The molecule has 0 bridgehead atoms. The summed E-state index contributed by atoms with van der Waals surface area (Å²) in [4.78, 5) is 0. The van der Waals surface area contributed by atoms with Crippen LogP contribution in [0.25, 0.3) is 0 Å². The molecule has 0 aromatic carbocycles. The predicted octanol–water partition coefficient (Wildman–Crippen LogP) is 2.21. The SMILES string of the molecule is CCC1CC1(O)c1ccoc1C. The molecule has 2 nitrogen and oxygen atoms in total. The summed E-state index contributed by atoms with van der Waals surface area (Å²) in [6.07, 6.45) is 3.58. The maximum absolute atomic E-state index is 10.1. The van der Waals surface area contributed by atoms with Gasteiger partial charge in [0.15, 0.2) is 0 Å². The highest BCUT2D eigenvalue weighted by Gasteiger charge is 2.54. The Bertz CT molecular complexity index is 290. The van der Waals surface area contributed by atoms with E-state index < -0.39 is 5.60 Å². The van der Waals surface area contributed by atoms with Crippen molar-refractivity contribution < 1.29 is 9.52 Å². The van der Waals surface area contributed by atoms with Gasteiger partial charge in [-0.2, -0.15) is 0 Å². The standard InChI is InChI=1S/C10H14O2/c1-3-8-6-10(8,11)9-4-5-12-7(9)2/h4-5,8,11H,3,6H2,1-2H3. The van der Waals surface area contributed by atoms with Crippen LogP contribution in [0.1, 0.15) is 31.1 Å². The number of hydrogen-bond donors (Lipinski definition) is 1. The van der Waals surface area contributed by atoms with Crippen LogP contribution in [0, 0.1) is 12.8 Å². The average molecular weight is 166 g/mol. The van der Waals surface area contributed by atoms with Crippen molar-refractivity contribution in [1.82, 2.24) is 0 Å². The van der Waals surface area contributed by atoms with Crippen LogP contribution in [-0.4, -0.2) is 5.11 Å². The van der Waals surface area contributed by atoms with Gasteiger partial charge in [0.05, 0.1) is 11.9 Å². The Labute approximate surface area is 72.2 Å². The fraction of sp³-hybridized carbons (Fsp3) is 0.600. The highest BCUT2D eigenvalue weighted by Crippen LogP contribution is 2.54. The van der Waals surface area contributed by atoms with Crippen molar-refractivity contribution in [2.24, 2.45) is 5.92 Å². The molecule has 2 unspecified atom stereocenters. The van der Waals surface area contributed by atoms with Gasteiger partial charge in [-0.1, -0.05) is 13.3 Å². The Morgan fingerprint density at radius 2 is 2.50 bits per heavy atom. The summed E-state index contributed by atoms with van der Waals surface area (Å²) in [5, 5.41) is 10.1. The zero-order valence-electron chi connectivity index (χ0n) is 7.50. The van der Waals surface area contributed by atoms with E-state index in [2.05, 4.69) is 6.92 Å². The largest absolute Gasteiger partial charge is 0.469 e. The van der Waals surface area contributed by atoms with E-state index in [4.69, 9.17) is 4.42 Å². The smallest absolute Gasteiger partial charge is 0.106 e. The van der Waals surface area contributed by atoms with Crippen LogP contribution in [0.2, 0.25) is 0 Å². The number of rotatable bonds is 2. The molecule has 66 valence electrons. The van der Waals surface area contributed by atoms with Gasteiger partial charge in [-0.15, -0.1) is 0 Å². The van der Waals surface area contributed by atoms with Gasteiger partial charge < -0.3 is 9.52 Å². The Hall–Kier alpha value is -0.760. The second kappa shape index (κ2) is 2.36. The molecular formula is C10H14O2. The van der Waals surface area contributed by atoms with Gasteiger partial charge in [0.2, 0.25) is 0 Å². The van der Waals surface area contributed by atoms with Crippen molar-refractivity contribution >= 4 is 0 Å². The molecule has 0 saturated heterocycles. The van der Waals surface area contributed by atoms with Gasteiger partial charge in [0.25, 0.3) is 0 Å². The second-order valence-corrected chi connectivity index (χ2v) is 3.62. The molecule has 1 heterocycles. The van der Waals surface area contributed by atoms with E-state index in [0.29, 0.717) is 5.92 Å². The lowest BCUT2D eigenvalue weighted by Gasteiger charge is -2.07. The highest BCUT2D eigenvalue weighted by atomic mass is 16.3. The maximum atomic E-state index is 10.1. The van der Waals surface area contributed by atoms with Crippen molar-refractivity contribution in [3.63, 3.8) is 0 Å². The molecule has 0 spiro atoms. The van der Waals surface area contributed by atoms with Gasteiger partial charge >= 0.3 is 0 Å². The zero-order valence-corrected chi connectivity index (χ0v) is 7.50. The number of furan rings is 1. The minimum Gasteiger partial charge on any atom is -0.469 e. The molecule has 2 heteroatoms. The Morgan fingerprint density at radius 3 is 2.92 bits per heavy atom. The summed E-state index contributed by atoms with van der Waals surface area (Å²) in [7, 11) is 0. The van der Waals surface area contributed by atoms with Gasteiger partial charge in [-0.05, 0) is 25.3 Å². The maximum Gasteiger partial charge on any atom is 0.106 e. The van der Waals surface area contributed by atoms with E-state index in [1.165, 1.54) is 0 Å². The third-order valence-corrected chi connectivity index (χ3v) is 2.89. The van der Waals surface area contributed by atoms with Crippen LogP contribution in [0.15, 0.2) is 16.7 Å². The molecule has 12 heavy (non-hydrogen) atoms. The van der Waals surface area contributed by atoms with Crippen molar-refractivity contribution in [3.8, 4) is 0 Å². The number of hydrogen-bond acceptors (Lipinski definition) is 2. The van der Waals surface area contributed by atoms with Crippen LogP contribution >= 0.6 is 0 Å². The summed E-state index contributed by atoms with van der Waals surface area (Å²) in [5.41, 5.74) is 0.417. The van der Waals surface area contributed by atoms with Crippen molar-refractivity contribution in [2.45, 2.75) is 32.3 Å². The van der Waals surface area contributed by atoms with E-state index in [0.717, 1.165) is 24.2 Å². The molecule has 1 aliphatic carbocycles. The minimum absolute atomic E-state index is 0.439. The van der Waals surface area contributed by atoms with E-state index in [-0.39, 0.29) is 0 Å². The third-order valence-electron chi connectivity index (χ3n) is 2.89. The van der Waals surface area contributed by atoms with Gasteiger partial charge in [-0.3, -0.25) is 0 Å². The first kappa shape index (κ1) is 7.87. The first-order chi connectivity index (χ1) is 5.68. The molecule has 1 saturated carbocycles. The Morgan fingerprint density at radius 1 is 1.75 bits per heavy atom. The molecular weight excluding hydrogens is 152 g/mol. The highest BCUT2D eigenvalue weighted by molar-refractivity contribution is 5.30. The quantitative estimate of drug-likeness (QED) is 0.730. The summed E-state index contributed by atoms with van der Waals surface area (Å²) in [6, 6.07) is 1.88. The van der Waals surface area contributed by atoms with Gasteiger partial charge in [-0.25, -0.2) is 0 Å². The number of aryl methyl sites for hydroxylation is 1. The summed E-state index contributed by atoms with van der Waals surface area (Å²) in [6.45, 7) is 4.01. The molecule has 0 radical (unpaired) electrons. The van der Waals surface area contributed by atoms with Crippen LogP contribution < -0.4 is 0 Å². The molecule has 1 N–H and O–H groups in total. The molecule has 0 aliphatic heterocycles. The topological polar surface area (TPSA) is 33.4 Å². The van der Waals surface area contributed by atoms with Crippen molar-refractivity contribution in [3.05, 3.63) is 23.7 Å². The van der Waals surface area contributed by atoms with Crippen molar-refractivity contribution in [1.29, 1.82) is 0 Å². The van der Waals surface area contributed by atoms with E-state index in [1.54, 1.807) is 6.26 Å². The molecule has 2 rings (SSSR count). The van der Waals surface area contributed by atoms with Gasteiger partial charge in [0.1, 0.15) is 5.76 Å². The van der Waals surface area contributed by atoms with Gasteiger partial charge in [0, 0.05) is 5.56 Å². The van der Waals surface area contributed by atoms with Crippen LogP contribution in [0.4, 0.5) is 0 Å². The fourth-order valence-electron chi connectivity index (χ4n) is 1.96. The molecule has 1 fully saturated rings. The van der Waals surface area contributed by atoms with Crippen LogP contribution in [0.5, 0.6) is 0 Å². The molecule has 1 aromatic heterocycles. The van der Waals surface area contributed by atoms with E-state index >= 15 is 0 Å². The normalized spacial score (nSPS) is 33.8. The monoisotopic (exact) mass is 166 g/mol. The first-order valence-corrected chi connectivity index (χ1v) is 4.45. The lowest BCUT2D eigenvalue weighted by molar-refractivity contribution is 0.128.